The summed E-state index contributed by atoms with van der Waals surface area (Å²) < 4.78 is 12.7. The number of thiazole rings is 1. The summed E-state index contributed by atoms with van der Waals surface area (Å²) >= 11 is 1.16. The van der Waals surface area contributed by atoms with Crippen molar-refractivity contribution in [3.05, 3.63) is 90.6 Å². The summed E-state index contributed by atoms with van der Waals surface area (Å²) in [4.78, 5) is 47.5. The summed E-state index contributed by atoms with van der Waals surface area (Å²) in [7, 11) is 1.57. The molecule has 3 heterocycles. The van der Waals surface area contributed by atoms with Crippen LogP contribution in [0.1, 0.15) is 44.9 Å². The predicted molar refractivity (Wildman–Crippen MR) is 141 cm³/mol. The van der Waals surface area contributed by atoms with Gasteiger partial charge in [0.05, 0.1) is 41.8 Å². The van der Waals surface area contributed by atoms with Crippen LogP contribution in [0.15, 0.2) is 69.6 Å². The third kappa shape index (κ3) is 3.99. The number of carbonyl (C=O) groups is 2. The van der Waals surface area contributed by atoms with Gasteiger partial charge in [-0.15, -0.1) is 0 Å². The number of esters is 1. The highest BCUT2D eigenvalue weighted by atomic mass is 32.1. The molecule has 1 atom stereocenters. The fourth-order valence-corrected chi connectivity index (χ4v) is 5.96. The zero-order valence-electron chi connectivity index (χ0n) is 21.3. The highest BCUT2D eigenvalue weighted by Crippen LogP contribution is 2.35. The van der Waals surface area contributed by atoms with Gasteiger partial charge in [-0.05, 0) is 51.5 Å². The van der Waals surface area contributed by atoms with Crippen molar-refractivity contribution < 1.29 is 19.1 Å². The minimum Gasteiger partial charge on any atom is -0.497 e. The molecule has 1 amide bonds. The van der Waals surface area contributed by atoms with E-state index in [-0.39, 0.29) is 23.1 Å². The first kappa shape index (κ1) is 24.7. The first-order chi connectivity index (χ1) is 17.8. The van der Waals surface area contributed by atoms with Gasteiger partial charge in [0.25, 0.3) is 11.5 Å². The lowest BCUT2D eigenvalue weighted by atomic mass is 9.95. The van der Waals surface area contributed by atoms with E-state index in [2.05, 4.69) is 4.99 Å². The van der Waals surface area contributed by atoms with Crippen LogP contribution in [0.3, 0.4) is 0 Å². The van der Waals surface area contributed by atoms with Crippen molar-refractivity contribution in [2.45, 2.75) is 39.8 Å². The molecule has 3 aromatic rings. The van der Waals surface area contributed by atoms with Crippen molar-refractivity contribution in [1.29, 1.82) is 0 Å². The van der Waals surface area contributed by atoms with Crippen LogP contribution in [0, 0.1) is 0 Å². The third-order valence-electron chi connectivity index (χ3n) is 6.46. The number of allylic oxidation sites excluding steroid dienone is 1. The molecular formula is C28H27N3O5S. The zero-order chi connectivity index (χ0) is 26.4. The van der Waals surface area contributed by atoms with Crippen LogP contribution in [0.2, 0.25) is 0 Å². The van der Waals surface area contributed by atoms with Crippen LogP contribution in [-0.2, 0) is 14.3 Å². The highest BCUT2D eigenvalue weighted by Gasteiger charge is 2.37. The van der Waals surface area contributed by atoms with E-state index in [1.54, 1.807) is 44.9 Å². The molecule has 37 heavy (non-hydrogen) atoms. The second-order valence-electron chi connectivity index (χ2n) is 9.07. The van der Waals surface area contributed by atoms with Crippen LogP contribution in [0.4, 0.5) is 5.69 Å². The standard InChI is InChI=1S/C28H27N3O5S/c1-6-30-20-10-8-7-9-19(20)22(25(30)32)24-26(33)31-23(17-11-13-18(35-5)14-12-17)21(27(34)36-15(2)3)16(4)29-28(31)37-24/h7-15,23H,6H2,1-5H3. The van der Waals surface area contributed by atoms with Gasteiger partial charge in [0.15, 0.2) is 4.80 Å². The first-order valence-electron chi connectivity index (χ1n) is 12.1. The molecule has 190 valence electrons. The van der Waals surface area contributed by atoms with Crippen LogP contribution in [-0.4, -0.2) is 36.2 Å². The van der Waals surface area contributed by atoms with Gasteiger partial charge < -0.3 is 14.4 Å². The minimum atomic E-state index is -0.767. The zero-order valence-corrected chi connectivity index (χ0v) is 22.1. The smallest absolute Gasteiger partial charge is 0.338 e. The van der Waals surface area contributed by atoms with Gasteiger partial charge in [-0.25, -0.2) is 9.79 Å². The number of aromatic nitrogens is 1. The fourth-order valence-electron chi connectivity index (χ4n) is 4.83. The van der Waals surface area contributed by atoms with E-state index in [4.69, 9.17) is 9.47 Å². The average molecular weight is 518 g/mol. The molecule has 1 aromatic heterocycles. The highest BCUT2D eigenvalue weighted by molar-refractivity contribution is 7.07. The van der Waals surface area contributed by atoms with Crippen molar-refractivity contribution in [1.82, 2.24) is 4.57 Å². The molecule has 0 saturated carbocycles. The Morgan fingerprint density at radius 2 is 1.81 bits per heavy atom. The monoisotopic (exact) mass is 517 g/mol. The number of rotatable bonds is 5. The summed E-state index contributed by atoms with van der Waals surface area (Å²) in [5.41, 5.74) is 2.95. The Balaban J connectivity index is 1.80. The number of para-hydroxylation sites is 1. The molecule has 2 aromatic carbocycles. The molecule has 5 rings (SSSR count). The van der Waals surface area contributed by atoms with Crippen molar-refractivity contribution >= 4 is 34.5 Å². The molecule has 0 radical (unpaired) electrons. The SMILES string of the molecule is CCN1C(=O)C(=c2sc3n(c2=O)C(c2ccc(OC)cc2)C(C(=O)OC(C)C)=C(C)N=3)c2ccccc21. The molecule has 0 fully saturated rings. The molecule has 0 aliphatic carbocycles. The van der Waals surface area contributed by atoms with Crippen LogP contribution >= 0.6 is 11.3 Å². The number of amides is 1. The van der Waals surface area contributed by atoms with E-state index >= 15 is 0 Å². The Hall–Kier alpha value is -3.98. The molecule has 0 spiro atoms. The van der Waals surface area contributed by atoms with E-state index < -0.39 is 12.0 Å². The van der Waals surface area contributed by atoms with Gasteiger partial charge in [0, 0.05) is 12.1 Å². The number of fused-ring (bicyclic) bond motifs is 2. The summed E-state index contributed by atoms with van der Waals surface area (Å²) in [6.07, 6.45) is -0.344. The number of methoxy groups -OCH3 is 1. The summed E-state index contributed by atoms with van der Waals surface area (Å²) in [6.45, 7) is 7.67. The molecule has 9 heteroatoms. The van der Waals surface area contributed by atoms with Crippen molar-refractivity contribution in [2.24, 2.45) is 4.99 Å². The summed E-state index contributed by atoms with van der Waals surface area (Å²) in [5, 5.41) is 0. The first-order valence-corrected chi connectivity index (χ1v) is 12.9. The molecule has 8 nitrogen and oxygen atoms in total. The Morgan fingerprint density at radius 3 is 2.46 bits per heavy atom. The van der Waals surface area contributed by atoms with Gasteiger partial charge in [0.2, 0.25) is 0 Å². The number of hydrogen-bond donors (Lipinski definition) is 0. The Kier molecular flexibility index (Phi) is 6.33. The lowest BCUT2D eigenvalue weighted by Crippen LogP contribution is -2.41. The number of carbonyl (C=O) groups excluding carboxylic acids is 2. The quantitative estimate of drug-likeness (QED) is 0.486. The van der Waals surface area contributed by atoms with Gasteiger partial charge in [0.1, 0.15) is 10.3 Å². The largest absolute Gasteiger partial charge is 0.497 e. The van der Waals surface area contributed by atoms with Gasteiger partial charge in [-0.3, -0.25) is 14.2 Å². The Labute approximate surface area is 217 Å². The maximum Gasteiger partial charge on any atom is 0.338 e. The topological polar surface area (TPSA) is 90.2 Å². The van der Waals surface area contributed by atoms with E-state index in [1.807, 2.05) is 43.3 Å². The van der Waals surface area contributed by atoms with Gasteiger partial charge in [-0.1, -0.05) is 41.7 Å². The summed E-state index contributed by atoms with van der Waals surface area (Å²) in [6, 6.07) is 13.9. The minimum absolute atomic E-state index is 0.217. The van der Waals surface area contributed by atoms with Crippen molar-refractivity contribution in [2.75, 3.05) is 18.6 Å². The lowest BCUT2D eigenvalue weighted by molar-refractivity contribution is -0.143. The van der Waals surface area contributed by atoms with Crippen LogP contribution in [0.5, 0.6) is 5.75 Å². The molecule has 0 bridgehead atoms. The van der Waals surface area contributed by atoms with Crippen LogP contribution in [0.25, 0.3) is 5.57 Å². The van der Waals surface area contributed by atoms with E-state index in [1.165, 1.54) is 4.57 Å². The van der Waals surface area contributed by atoms with Crippen molar-refractivity contribution in [3.8, 4) is 5.75 Å². The molecule has 0 N–H and O–H groups in total. The fraction of sp³-hybridized carbons (Fsp3) is 0.286. The predicted octanol–water partition coefficient (Wildman–Crippen LogP) is 2.93. The van der Waals surface area contributed by atoms with E-state index in [0.717, 1.165) is 22.6 Å². The van der Waals surface area contributed by atoms with E-state index in [9.17, 15) is 14.4 Å². The molecule has 2 aliphatic heterocycles. The Morgan fingerprint density at radius 1 is 1.11 bits per heavy atom. The number of benzene rings is 2. The number of nitrogens with zero attached hydrogens (tertiary/aromatic N) is 3. The number of ether oxygens (including phenoxy) is 2. The average Bonchev–Trinajstić information content (AvgIpc) is 3.34. The summed E-state index contributed by atoms with van der Waals surface area (Å²) in [5.74, 6) is -0.0993. The number of likely N-dealkylation sites (N-methyl/N-ethyl adjacent to an activating group) is 1. The normalized spacial score (nSPS) is 18.1. The molecule has 2 aliphatic rings. The second kappa shape index (κ2) is 9.48. The lowest BCUT2D eigenvalue weighted by Gasteiger charge is -2.25. The van der Waals surface area contributed by atoms with Gasteiger partial charge in [-0.2, -0.15) is 0 Å². The molecule has 1 unspecified atom stereocenters. The molecule has 0 saturated heterocycles. The Bertz CT molecular complexity index is 1630. The van der Waals surface area contributed by atoms with Gasteiger partial charge >= 0.3 is 5.97 Å². The number of anilines is 1. The maximum atomic E-state index is 14.1. The number of hydrogen-bond acceptors (Lipinski definition) is 7. The van der Waals surface area contributed by atoms with E-state index in [0.29, 0.717) is 38.5 Å². The third-order valence-corrected chi connectivity index (χ3v) is 7.51. The van der Waals surface area contributed by atoms with Crippen LogP contribution < -0.4 is 24.5 Å². The van der Waals surface area contributed by atoms with Crippen molar-refractivity contribution in [3.63, 3.8) is 0 Å². The maximum absolute atomic E-state index is 14.1. The second-order valence-corrected chi connectivity index (χ2v) is 10.0. The molecular weight excluding hydrogens is 490 g/mol.